The summed E-state index contributed by atoms with van der Waals surface area (Å²) in [4.78, 5) is 21.3. The van der Waals surface area contributed by atoms with E-state index in [1.54, 1.807) is 18.3 Å². The van der Waals surface area contributed by atoms with Gasteiger partial charge in [0.1, 0.15) is 11.3 Å². The Bertz CT molecular complexity index is 1320. The van der Waals surface area contributed by atoms with Gasteiger partial charge >= 0.3 is 6.36 Å². The maximum atomic E-state index is 12.8. The van der Waals surface area contributed by atoms with Crippen LogP contribution in [-0.2, 0) is 6.54 Å². The molecule has 4 aromatic rings. The van der Waals surface area contributed by atoms with Crippen LogP contribution < -0.4 is 20.5 Å². The number of aromatic nitrogens is 2. The lowest BCUT2D eigenvalue weighted by atomic mass is 10.1. The van der Waals surface area contributed by atoms with E-state index in [-0.39, 0.29) is 23.7 Å². The molecule has 170 valence electrons. The van der Waals surface area contributed by atoms with Crippen LogP contribution in [0.25, 0.3) is 21.3 Å². The fourth-order valence-corrected chi connectivity index (χ4v) is 3.96. The van der Waals surface area contributed by atoms with Crippen LogP contribution in [0.1, 0.15) is 15.9 Å². The number of halogens is 3. The van der Waals surface area contributed by atoms with Crippen LogP contribution in [0.3, 0.4) is 0 Å². The van der Waals surface area contributed by atoms with Crippen LogP contribution in [0.2, 0.25) is 0 Å². The molecular formula is C22H17F3N4O3S. The zero-order chi connectivity index (χ0) is 23.6. The molecule has 2 aromatic heterocycles. The molecule has 1 amide bonds. The number of amides is 1. The Morgan fingerprint density at radius 3 is 2.73 bits per heavy atom. The van der Waals surface area contributed by atoms with Crippen LogP contribution in [0.4, 0.5) is 18.3 Å². The van der Waals surface area contributed by atoms with E-state index >= 15 is 0 Å². The van der Waals surface area contributed by atoms with E-state index in [0.29, 0.717) is 16.3 Å². The number of nitrogens with one attached hydrogen (secondary N) is 1. The van der Waals surface area contributed by atoms with Gasteiger partial charge in [0.25, 0.3) is 5.91 Å². The molecule has 11 heteroatoms. The molecule has 2 heterocycles. The summed E-state index contributed by atoms with van der Waals surface area (Å²) in [6.07, 6.45) is -3.21. The minimum atomic E-state index is -4.80. The first kappa shape index (κ1) is 22.3. The second-order valence-electron chi connectivity index (χ2n) is 6.89. The molecule has 3 N–H and O–H groups in total. The van der Waals surface area contributed by atoms with Crippen molar-refractivity contribution in [1.29, 1.82) is 0 Å². The first-order chi connectivity index (χ1) is 15.7. The highest BCUT2D eigenvalue weighted by Crippen LogP contribution is 2.31. The standard InChI is InChI=1S/C22H17F3N4O3S/c1-31-20-16(19(30)27-10-12-3-2-4-15(7-12)32-22(23,24)25)8-14(11-28-20)13-5-6-17-18(9-13)33-21(26)29-17/h2-9,11H,10H2,1H3,(H2,26,29)(H,27,30). The molecule has 0 aliphatic heterocycles. The number of hydrogen-bond donors (Lipinski definition) is 2. The summed E-state index contributed by atoms with van der Waals surface area (Å²) in [6.45, 7) is -0.0205. The molecule has 0 aliphatic carbocycles. The number of alkyl halides is 3. The number of thiazole rings is 1. The maximum Gasteiger partial charge on any atom is 0.573 e. The Morgan fingerprint density at radius 1 is 1.15 bits per heavy atom. The fraction of sp³-hybridized carbons (Fsp3) is 0.136. The average Bonchev–Trinajstić information content (AvgIpc) is 3.15. The van der Waals surface area contributed by atoms with Crippen LogP contribution in [0.5, 0.6) is 11.6 Å². The molecule has 7 nitrogen and oxygen atoms in total. The number of fused-ring (bicyclic) bond motifs is 1. The normalized spacial score (nSPS) is 11.4. The van der Waals surface area contributed by atoms with Crippen LogP contribution in [0.15, 0.2) is 54.7 Å². The number of nitrogen functional groups attached to an aromatic ring is 1. The summed E-state index contributed by atoms with van der Waals surface area (Å²) in [5.41, 5.74) is 8.64. The van der Waals surface area contributed by atoms with E-state index in [9.17, 15) is 18.0 Å². The molecule has 0 saturated carbocycles. The minimum absolute atomic E-state index is 0.0205. The molecule has 0 saturated heterocycles. The molecule has 4 rings (SSSR count). The number of methoxy groups -OCH3 is 1. The van der Waals surface area contributed by atoms with Crippen molar-refractivity contribution in [3.8, 4) is 22.8 Å². The van der Waals surface area contributed by atoms with E-state index in [0.717, 1.165) is 15.8 Å². The molecular weight excluding hydrogens is 457 g/mol. The van der Waals surface area contributed by atoms with Crippen molar-refractivity contribution in [3.63, 3.8) is 0 Å². The topological polar surface area (TPSA) is 99.4 Å². The summed E-state index contributed by atoms with van der Waals surface area (Å²) >= 11 is 1.35. The molecule has 2 aromatic carbocycles. The Kier molecular flexibility index (Phi) is 6.05. The van der Waals surface area contributed by atoms with Crippen molar-refractivity contribution in [2.24, 2.45) is 0 Å². The number of anilines is 1. The van der Waals surface area contributed by atoms with Gasteiger partial charge in [-0.2, -0.15) is 0 Å². The number of carbonyl (C=O) groups excluding carboxylic acids is 1. The third-order valence-corrected chi connectivity index (χ3v) is 5.46. The van der Waals surface area contributed by atoms with Gasteiger partial charge in [-0.1, -0.05) is 29.5 Å². The monoisotopic (exact) mass is 474 g/mol. The third kappa shape index (κ3) is 5.32. The molecule has 0 fully saturated rings. The molecule has 0 atom stereocenters. The Labute approximate surface area is 190 Å². The van der Waals surface area contributed by atoms with E-state index in [2.05, 4.69) is 20.0 Å². The number of hydrogen-bond acceptors (Lipinski definition) is 7. The zero-order valence-corrected chi connectivity index (χ0v) is 18.0. The summed E-state index contributed by atoms with van der Waals surface area (Å²) in [7, 11) is 1.39. The number of nitrogens with zero attached hydrogens (tertiary/aromatic N) is 2. The van der Waals surface area contributed by atoms with Crippen LogP contribution in [-0.4, -0.2) is 29.3 Å². The fourth-order valence-electron chi connectivity index (χ4n) is 3.19. The van der Waals surface area contributed by atoms with Crippen LogP contribution in [0, 0.1) is 0 Å². The highest BCUT2D eigenvalue weighted by molar-refractivity contribution is 7.22. The van der Waals surface area contributed by atoms with Crippen molar-refractivity contribution in [2.75, 3.05) is 12.8 Å². The SMILES string of the molecule is COc1ncc(-c2ccc3nc(N)sc3c2)cc1C(=O)NCc1cccc(OC(F)(F)F)c1. The van der Waals surface area contributed by atoms with Crippen LogP contribution >= 0.6 is 11.3 Å². The van der Waals surface area contributed by atoms with Crippen molar-refractivity contribution in [2.45, 2.75) is 12.9 Å². The second-order valence-corrected chi connectivity index (χ2v) is 7.96. The van der Waals surface area contributed by atoms with Crippen molar-refractivity contribution >= 4 is 32.6 Å². The van der Waals surface area contributed by atoms with Crippen molar-refractivity contribution in [3.05, 3.63) is 65.9 Å². The molecule has 0 bridgehead atoms. The summed E-state index contributed by atoms with van der Waals surface area (Å²) in [5.74, 6) is -0.741. The van der Waals surface area contributed by atoms with E-state index < -0.39 is 12.3 Å². The smallest absolute Gasteiger partial charge is 0.480 e. The van der Waals surface area contributed by atoms with Gasteiger partial charge < -0.3 is 20.5 Å². The lowest BCUT2D eigenvalue weighted by Crippen LogP contribution is -2.24. The van der Waals surface area contributed by atoms with E-state index in [1.807, 2.05) is 18.2 Å². The molecule has 33 heavy (non-hydrogen) atoms. The Morgan fingerprint density at radius 2 is 1.97 bits per heavy atom. The molecule has 0 spiro atoms. The second kappa shape index (κ2) is 8.94. The zero-order valence-electron chi connectivity index (χ0n) is 17.1. The largest absolute Gasteiger partial charge is 0.573 e. The van der Waals surface area contributed by atoms with Gasteiger partial charge in [0, 0.05) is 18.3 Å². The van der Waals surface area contributed by atoms with Gasteiger partial charge in [0.2, 0.25) is 5.88 Å². The number of carbonyl (C=O) groups is 1. The van der Waals surface area contributed by atoms with Gasteiger partial charge in [0.15, 0.2) is 5.13 Å². The van der Waals surface area contributed by atoms with Gasteiger partial charge in [-0.3, -0.25) is 4.79 Å². The number of pyridine rings is 1. The molecule has 0 unspecified atom stereocenters. The predicted molar refractivity (Wildman–Crippen MR) is 118 cm³/mol. The van der Waals surface area contributed by atoms with Gasteiger partial charge in [-0.05, 0) is 41.5 Å². The quantitative estimate of drug-likeness (QED) is 0.417. The average molecular weight is 474 g/mol. The highest BCUT2D eigenvalue weighted by atomic mass is 32.1. The summed E-state index contributed by atoms with van der Waals surface area (Å²) in [6, 6.07) is 12.6. The number of ether oxygens (including phenoxy) is 2. The Balaban J connectivity index is 1.55. The third-order valence-electron chi connectivity index (χ3n) is 4.61. The number of nitrogens with two attached hydrogens (primary N) is 1. The van der Waals surface area contributed by atoms with Gasteiger partial charge in [-0.25, -0.2) is 9.97 Å². The number of benzene rings is 2. The Hall–Kier alpha value is -3.86. The first-order valence-electron chi connectivity index (χ1n) is 9.55. The lowest BCUT2D eigenvalue weighted by molar-refractivity contribution is -0.274. The minimum Gasteiger partial charge on any atom is -0.480 e. The van der Waals surface area contributed by atoms with Gasteiger partial charge in [-0.15, -0.1) is 13.2 Å². The van der Waals surface area contributed by atoms with E-state index in [4.69, 9.17) is 10.5 Å². The van der Waals surface area contributed by atoms with Crippen molar-refractivity contribution < 1.29 is 27.4 Å². The summed E-state index contributed by atoms with van der Waals surface area (Å²) < 4.78 is 47.3. The highest BCUT2D eigenvalue weighted by Gasteiger charge is 2.31. The number of rotatable bonds is 6. The molecule has 0 radical (unpaired) electrons. The lowest BCUT2D eigenvalue weighted by Gasteiger charge is -2.12. The first-order valence-corrected chi connectivity index (χ1v) is 10.4. The van der Waals surface area contributed by atoms with Crippen molar-refractivity contribution in [1.82, 2.24) is 15.3 Å². The molecule has 0 aliphatic rings. The van der Waals surface area contributed by atoms with Gasteiger partial charge in [0.05, 0.1) is 17.3 Å². The maximum absolute atomic E-state index is 12.8. The predicted octanol–water partition coefficient (Wildman–Crippen LogP) is 4.78. The van der Waals surface area contributed by atoms with E-state index in [1.165, 1.54) is 36.6 Å². The summed E-state index contributed by atoms with van der Waals surface area (Å²) in [5, 5.41) is 3.13.